The lowest BCUT2D eigenvalue weighted by Gasteiger charge is -2.22. The molecule has 1 amide bonds. The summed E-state index contributed by atoms with van der Waals surface area (Å²) in [5, 5.41) is 23.2. The van der Waals surface area contributed by atoms with Gasteiger partial charge < -0.3 is 20.3 Å². The zero-order valence-electron chi connectivity index (χ0n) is 41.9. The van der Waals surface area contributed by atoms with Crippen LogP contribution in [0.15, 0.2) is 12.2 Å². The number of rotatable bonds is 52. The molecule has 0 aromatic heterocycles. The lowest BCUT2D eigenvalue weighted by molar-refractivity contribution is -0.143. The van der Waals surface area contributed by atoms with E-state index in [-0.39, 0.29) is 18.5 Å². The van der Waals surface area contributed by atoms with Crippen LogP contribution in [-0.2, 0) is 14.3 Å². The molecule has 0 aromatic carbocycles. The van der Waals surface area contributed by atoms with Crippen molar-refractivity contribution in [3.05, 3.63) is 12.2 Å². The highest BCUT2D eigenvalue weighted by Crippen LogP contribution is 2.17. The van der Waals surface area contributed by atoms with Crippen LogP contribution in [0.25, 0.3) is 0 Å². The van der Waals surface area contributed by atoms with Crippen LogP contribution in [0.3, 0.4) is 0 Å². The van der Waals surface area contributed by atoms with E-state index in [1.54, 1.807) is 0 Å². The van der Waals surface area contributed by atoms with Gasteiger partial charge in [0.15, 0.2) is 0 Å². The third kappa shape index (κ3) is 48.1. The molecule has 62 heavy (non-hydrogen) atoms. The number of aliphatic hydroxyl groups is 2. The van der Waals surface area contributed by atoms with Crippen molar-refractivity contribution >= 4 is 11.9 Å². The molecule has 0 aliphatic rings. The van der Waals surface area contributed by atoms with E-state index in [1.165, 1.54) is 225 Å². The van der Waals surface area contributed by atoms with Crippen molar-refractivity contribution in [3.63, 3.8) is 0 Å². The van der Waals surface area contributed by atoms with Gasteiger partial charge in [-0.25, -0.2) is 0 Å². The first kappa shape index (κ1) is 60.6. The molecule has 0 bridgehead atoms. The first-order chi connectivity index (χ1) is 30.5. The number of amides is 1. The number of carbonyl (C=O) groups is 2. The molecular formula is C56H109NO5. The SMILES string of the molecule is CCCCCCCCCCCCCCCCCC(O)C(CO)NC(=O)CCCCCCCCC/C=C\CCCCCCCCOC(=O)CCCCCCCCCCCCCCC. The molecule has 0 saturated carbocycles. The Morgan fingerprint density at radius 3 is 1.15 bits per heavy atom. The van der Waals surface area contributed by atoms with Crippen molar-refractivity contribution in [3.8, 4) is 0 Å². The van der Waals surface area contributed by atoms with E-state index in [1.807, 2.05) is 0 Å². The van der Waals surface area contributed by atoms with Gasteiger partial charge in [0.05, 0.1) is 25.4 Å². The summed E-state index contributed by atoms with van der Waals surface area (Å²) < 4.78 is 5.46. The Morgan fingerprint density at radius 2 is 0.758 bits per heavy atom. The van der Waals surface area contributed by atoms with Gasteiger partial charge in [0.2, 0.25) is 5.91 Å². The number of nitrogens with one attached hydrogen (secondary N) is 1. The third-order valence-corrected chi connectivity index (χ3v) is 13.1. The number of allylic oxidation sites excluding steroid dienone is 2. The van der Waals surface area contributed by atoms with E-state index in [0.717, 1.165) is 51.4 Å². The molecule has 2 unspecified atom stereocenters. The molecule has 0 rings (SSSR count). The predicted molar refractivity (Wildman–Crippen MR) is 269 cm³/mol. The monoisotopic (exact) mass is 876 g/mol. The molecule has 0 radical (unpaired) electrons. The summed E-state index contributed by atoms with van der Waals surface area (Å²) >= 11 is 0. The van der Waals surface area contributed by atoms with E-state index in [9.17, 15) is 19.8 Å². The highest BCUT2D eigenvalue weighted by molar-refractivity contribution is 5.76. The van der Waals surface area contributed by atoms with E-state index in [0.29, 0.717) is 25.9 Å². The number of hydrogen-bond donors (Lipinski definition) is 3. The van der Waals surface area contributed by atoms with E-state index >= 15 is 0 Å². The first-order valence-electron chi connectivity index (χ1n) is 27.9. The Kier molecular flexibility index (Phi) is 51.0. The molecule has 3 N–H and O–H groups in total. The van der Waals surface area contributed by atoms with Gasteiger partial charge in [-0.05, 0) is 51.4 Å². The average molecular weight is 876 g/mol. The summed E-state index contributed by atoms with van der Waals surface area (Å²) in [5.74, 6) is -0.0451. The van der Waals surface area contributed by atoms with Crippen molar-refractivity contribution in [1.29, 1.82) is 0 Å². The molecule has 0 aliphatic heterocycles. The number of hydrogen-bond acceptors (Lipinski definition) is 5. The van der Waals surface area contributed by atoms with Crippen LogP contribution in [0.5, 0.6) is 0 Å². The Labute approximate surface area is 387 Å². The molecule has 368 valence electrons. The van der Waals surface area contributed by atoms with E-state index < -0.39 is 12.1 Å². The van der Waals surface area contributed by atoms with Crippen LogP contribution in [-0.4, -0.2) is 47.4 Å². The Hall–Kier alpha value is -1.40. The minimum absolute atomic E-state index is 0.000137. The summed E-state index contributed by atoms with van der Waals surface area (Å²) in [6, 6.07) is -0.549. The topological polar surface area (TPSA) is 95.9 Å². The van der Waals surface area contributed by atoms with Gasteiger partial charge >= 0.3 is 5.97 Å². The van der Waals surface area contributed by atoms with Crippen molar-refractivity contribution in [1.82, 2.24) is 5.32 Å². The van der Waals surface area contributed by atoms with Gasteiger partial charge in [-0.15, -0.1) is 0 Å². The van der Waals surface area contributed by atoms with Crippen molar-refractivity contribution < 1.29 is 24.5 Å². The number of ether oxygens (including phenoxy) is 1. The molecule has 0 aromatic rings. The molecule has 6 nitrogen and oxygen atoms in total. The maximum Gasteiger partial charge on any atom is 0.305 e. The smallest absolute Gasteiger partial charge is 0.305 e. The summed E-state index contributed by atoms with van der Waals surface area (Å²) in [4.78, 5) is 24.5. The molecule has 0 aliphatic carbocycles. The van der Waals surface area contributed by atoms with Crippen LogP contribution >= 0.6 is 0 Å². The number of unbranched alkanes of at least 4 members (excludes halogenated alkanes) is 39. The normalized spacial score (nSPS) is 12.6. The number of esters is 1. The summed E-state index contributed by atoms with van der Waals surface area (Å²) in [6.07, 6.45) is 60.5. The maximum atomic E-state index is 12.5. The van der Waals surface area contributed by atoms with E-state index in [2.05, 4.69) is 31.3 Å². The van der Waals surface area contributed by atoms with Crippen molar-refractivity contribution in [2.24, 2.45) is 0 Å². The van der Waals surface area contributed by atoms with Gasteiger partial charge in [0.25, 0.3) is 0 Å². The largest absolute Gasteiger partial charge is 0.466 e. The number of aliphatic hydroxyl groups excluding tert-OH is 2. The molecule has 0 spiro atoms. The molecule has 6 heteroatoms. The minimum Gasteiger partial charge on any atom is -0.466 e. The zero-order chi connectivity index (χ0) is 45.1. The fraction of sp³-hybridized carbons (Fsp3) is 0.929. The van der Waals surface area contributed by atoms with Crippen LogP contribution in [0.2, 0.25) is 0 Å². The summed E-state index contributed by atoms with van der Waals surface area (Å²) in [6.45, 7) is 4.95. The fourth-order valence-electron chi connectivity index (χ4n) is 8.75. The molecule has 0 saturated heterocycles. The fourth-order valence-corrected chi connectivity index (χ4v) is 8.75. The third-order valence-electron chi connectivity index (χ3n) is 13.1. The molecular weight excluding hydrogens is 767 g/mol. The quantitative estimate of drug-likeness (QED) is 0.0321. The van der Waals surface area contributed by atoms with Crippen LogP contribution in [0.1, 0.15) is 309 Å². The highest BCUT2D eigenvalue weighted by atomic mass is 16.5. The first-order valence-corrected chi connectivity index (χ1v) is 27.9. The lowest BCUT2D eigenvalue weighted by atomic mass is 10.0. The second-order valence-corrected chi connectivity index (χ2v) is 19.3. The minimum atomic E-state index is -0.671. The zero-order valence-corrected chi connectivity index (χ0v) is 41.9. The Balaban J connectivity index is 3.45. The van der Waals surface area contributed by atoms with Gasteiger partial charge in [-0.3, -0.25) is 9.59 Å². The van der Waals surface area contributed by atoms with Crippen LogP contribution in [0, 0.1) is 0 Å². The van der Waals surface area contributed by atoms with Gasteiger partial charge in [-0.1, -0.05) is 257 Å². The number of carbonyl (C=O) groups excluding carboxylic acids is 2. The highest BCUT2D eigenvalue weighted by Gasteiger charge is 2.20. The van der Waals surface area contributed by atoms with Crippen LogP contribution < -0.4 is 5.32 Å². The maximum absolute atomic E-state index is 12.5. The molecule has 0 heterocycles. The Bertz CT molecular complexity index is 924. The predicted octanol–water partition coefficient (Wildman–Crippen LogP) is 16.9. The average Bonchev–Trinajstić information content (AvgIpc) is 3.27. The van der Waals surface area contributed by atoms with Crippen molar-refractivity contribution in [2.75, 3.05) is 13.2 Å². The molecule has 2 atom stereocenters. The Morgan fingerprint density at radius 1 is 0.435 bits per heavy atom. The van der Waals surface area contributed by atoms with Crippen LogP contribution in [0.4, 0.5) is 0 Å². The van der Waals surface area contributed by atoms with Crippen molar-refractivity contribution in [2.45, 2.75) is 321 Å². The summed E-state index contributed by atoms with van der Waals surface area (Å²) in [7, 11) is 0. The van der Waals surface area contributed by atoms with Gasteiger partial charge in [0.1, 0.15) is 0 Å². The van der Waals surface area contributed by atoms with E-state index in [4.69, 9.17) is 4.74 Å². The van der Waals surface area contributed by atoms with Gasteiger partial charge in [-0.2, -0.15) is 0 Å². The second kappa shape index (κ2) is 52.2. The standard InChI is InChI=1S/C56H109NO5/c1-3-5-7-9-11-13-15-17-21-25-28-32-36-40-44-48-54(59)53(52-58)57-55(60)49-45-41-37-33-29-26-22-19-18-20-23-27-31-35-39-43-47-51-62-56(61)50-46-42-38-34-30-24-16-14-12-10-8-6-4-2/h18,20,53-54,58-59H,3-17,19,21-52H2,1-2H3,(H,57,60)/b20-18-. The summed E-state index contributed by atoms with van der Waals surface area (Å²) in [5.41, 5.74) is 0. The lowest BCUT2D eigenvalue weighted by Crippen LogP contribution is -2.45. The second-order valence-electron chi connectivity index (χ2n) is 19.3. The molecule has 0 fully saturated rings. The van der Waals surface area contributed by atoms with Gasteiger partial charge in [0, 0.05) is 12.8 Å².